The number of morpholine rings is 1. The Balaban J connectivity index is 1.90. The van der Waals surface area contributed by atoms with Crippen molar-refractivity contribution in [1.82, 2.24) is 9.97 Å². The Morgan fingerprint density at radius 1 is 1.12 bits per heavy atom. The highest BCUT2D eigenvalue weighted by atomic mass is 35.5. The van der Waals surface area contributed by atoms with Crippen LogP contribution in [0, 0.1) is 20.8 Å². The lowest BCUT2D eigenvalue weighted by Gasteiger charge is -2.27. The summed E-state index contributed by atoms with van der Waals surface area (Å²) >= 11 is 6.06. The molecule has 1 saturated heterocycles. The number of nitrogens with zero attached hydrogens (tertiary/aromatic N) is 3. The van der Waals surface area contributed by atoms with E-state index >= 15 is 0 Å². The summed E-state index contributed by atoms with van der Waals surface area (Å²) in [4.78, 5) is 11.1. The third kappa shape index (κ3) is 3.92. The van der Waals surface area contributed by atoms with E-state index in [9.17, 15) is 8.42 Å². The lowest BCUT2D eigenvalue weighted by atomic mass is 10.2. The second kappa shape index (κ2) is 7.38. The Bertz CT molecular complexity index is 905. The van der Waals surface area contributed by atoms with Gasteiger partial charge in [-0.25, -0.2) is 18.4 Å². The number of benzene rings is 1. The molecule has 2 heterocycles. The van der Waals surface area contributed by atoms with Gasteiger partial charge in [-0.3, -0.25) is 4.72 Å². The van der Waals surface area contributed by atoms with Gasteiger partial charge in [-0.2, -0.15) is 0 Å². The molecule has 3 rings (SSSR count). The van der Waals surface area contributed by atoms with Gasteiger partial charge in [0.1, 0.15) is 0 Å². The van der Waals surface area contributed by atoms with Gasteiger partial charge in [-0.1, -0.05) is 17.7 Å². The van der Waals surface area contributed by atoms with Crippen LogP contribution in [0.1, 0.15) is 17.0 Å². The number of rotatable bonds is 4. The minimum absolute atomic E-state index is 0.101. The van der Waals surface area contributed by atoms with E-state index in [0.717, 1.165) is 5.56 Å². The maximum absolute atomic E-state index is 12.7. The second-order valence-electron chi connectivity index (χ2n) is 6.19. The first-order chi connectivity index (χ1) is 12.3. The summed E-state index contributed by atoms with van der Waals surface area (Å²) in [7, 11) is -3.78. The molecule has 9 heteroatoms. The first kappa shape index (κ1) is 18.9. The van der Waals surface area contributed by atoms with Crippen molar-refractivity contribution in [2.24, 2.45) is 0 Å². The fourth-order valence-electron chi connectivity index (χ4n) is 2.69. The van der Waals surface area contributed by atoms with Crippen LogP contribution in [0.5, 0.6) is 0 Å². The van der Waals surface area contributed by atoms with Gasteiger partial charge in [-0.05, 0) is 38.5 Å². The number of hydrogen-bond donors (Lipinski definition) is 1. The minimum atomic E-state index is -3.78. The largest absolute Gasteiger partial charge is 0.378 e. The molecule has 1 aliphatic heterocycles. The molecule has 1 aliphatic rings. The monoisotopic (exact) mass is 396 g/mol. The van der Waals surface area contributed by atoms with E-state index in [1.165, 1.54) is 12.1 Å². The zero-order valence-electron chi connectivity index (χ0n) is 14.9. The molecule has 0 saturated carbocycles. The highest BCUT2D eigenvalue weighted by Gasteiger charge is 2.21. The number of nitrogens with one attached hydrogen (secondary N) is 1. The predicted molar refractivity (Wildman–Crippen MR) is 102 cm³/mol. The maximum atomic E-state index is 12.7. The van der Waals surface area contributed by atoms with Crippen LogP contribution < -0.4 is 9.62 Å². The Morgan fingerprint density at radius 2 is 1.73 bits per heavy atom. The summed E-state index contributed by atoms with van der Waals surface area (Å²) in [6.45, 7) is 8.03. The fraction of sp³-hybridized carbons (Fsp3) is 0.412. The number of aromatic nitrogens is 2. The third-order valence-electron chi connectivity index (χ3n) is 4.24. The van der Waals surface area contributed by atoms with Crippen molar-refractivity contribution in [2.45, 2.75) is 25.7 Å². The number of aryl methyl sites for hydroxylation is 3. The van der Waals surface area contributed by atoms with Gasteiger partial charge < -0.3 is 9.64 Å². The summed E-state index contributed by atoms with van der Waals surface area (Å²) < 4.78 is 33.3. The molecule has 1 aromatic heterocycles. The number of sulfonamides is 1. The molecule has 1 fully saturated rings. The molecule has 140 valence electrons. The van der Waals surface area contributed by atoms with Crippen LogP contribution in [0.15, 0.2) is 23.1 Å². The summed E-state index contributed by atoms with van der Waals surface area (Å²) in [6.07, 6.45) is 0. The number of ether oxygens (including phenoxy) is 1. The van der Waals surface area contributed by atoms with Gasteiger partial charge >= 0.3 is 0 Å². The van der Waals surface area contributed by atoms with Gasteiger partial charge in [0.25, 0.3) is 10.0 Å². The summed E-state index contributed by atoms with van der Waals surface area (Å²) in [5, 5.41) is 0.403. The molecule has 1 aromatic carbocycles. The topological polar surface area (TPSA) is 84.4 Å². The number of hydrogen-bond acceptors (Lipinski definition) is 6. The average molecular weight is 397 g/mol. The van der Waals surface area contributed by atoms with Crippen LogP contribution in [0.2, 0.25) is 5.02 Å². The molecule has 0 aliphatic carbocycles. The number of anilines is 2. The Morgan fingerprint density at radius 3 is 2.31 bits per heavy atom. The molecule has 0 radical (unpaired) electrons. The average Bonchev–Trinajstić information content (AvgIpc) is 2.61. The van der Waals surface area contributed by atoms with Crippen molar-refractivity contribution in [3.63, 3.8) is 0 Å². The molecule has 2 aromatic rings. The molecule has 7 nitrogen and oxygen atoms in total. The molecule has 0 spiro atoms. The predicted octanol–water partition coefficient (Wildman–Crippen LogP) is 2.69. The van der Waals surface area contributed by atoms with Gasteiger partial charge in [0, 0.05) is 18.1 Å². The maximum Gasteiger partial charge on any atom is 0.262 e. The Labute approximate surface area is 158 Å². The zero-order valence-corrected chi connectivity index (χ0v) is 16.5. The first-order valence-electron chi connectivity index (χ1n) is 8.25. The lowest BCUT2D eigenvalue weighted by Crippen LogP contribution is -2.37. The number of halogens is 1. The fourth-order valence-corrected chi connectivity index (χ4v) is 4.13. The zero-order chi connectivity index (χ0) is 18.9. The van der Waals surface area contributed by atoms with E-state index in [-0.39, 0.29) is 4.90 Å². The quantitative estimate of drug-likeness (QED) is 0.855. The molecular weight excluding hydrogens is 376 g/mol. The van der Waals surface area contributed by atoms with Crippen molar-refractivity contribution < 1.29 is 13.2 Å². The molecule has 0 bridgehead atoms. The minimum Gasteiger partial charge on any atom is -0.378 e. The SMILES string of the molecule is Cc1ccc(S(=O)(=O)Nc2c(C)nc(N3CCOCC3)nc2C)cc1Cl. The Hall–Kier alpha value is -1.90. The molecule has 0 atom stereocenters. The van der Waals surface area contributed by atoms with Crippen LogP contribution in [0.4, 0.5) is 11.6 Å². The molecule has 0 unspecified atom stereocenters. The van der Waals surface area contributed by atoms with E-state index in [0.29, 0.717) is 54.3 Å². The lowest BCUT2D eigenvalue weighted by molar-refractivity contribution is 0.122. The first-order valence-corrected chi connectivity index (χ1v) is 10.1. The van der Waals surface area contributed by atoms with Crippen LogP contribution in [-0.4, -0.2) is 44.7 Å². The normalized spacial score (nSPS) is 15.2. The van der Waals surface area contributed by atoms with E-state index in [4.69, 9.17) is 16.3 Å². The Kier molecular flexibility index (Phi) is 5.36. The van der Waals surface area contributed by atoms with Crippen molar-refractivity contribution in [1.29, 1.82) is 0 Å². The van der Waals surface area contributed by atoms with Gasteiger partial charge in [0.2, 0.25) is 5.95 Å². The molecule has 1 N–H and O–H groups in total. The van der Waals surface area contributed by atoms with Crippen LogP contribution in [-0.2, 0) is 14.8 Å². The van der Waals surface area contributed by atoms with Crippen molar-refractivity contribution in [3.05, 3.63) is 40.2 Å². The van der Waals surface area contributed by atoms with E-state index in [1.807, 2.05) is 11.8 Å². The van der Waals surface area contributed by atoms with Crippen molar-refractivity contribution in [3.8, 4) is 0 Å². The molecule has 26 heavy (non-hydrogen) atoms. The second-order valence-corrected chi connectivity index (χ2v) is 8.27. The summed E-state index contributed by atoms with van der Waals surface area (Å²) in [5.41, 5.74) is 2.34. The van der Waals surface area contributed by atoms with Crippen LogP contribution in [0.3, 0.4) is 0 Å². The highest BCUT2D eigenvalue weighted by molar-refractivity contribution is 7.92. The summed E-state index contributed by atoms with van der Waals surface area (Å²) in [5.74, 6) is 0.588. The van der Waals surface area contributed by atoms with E-state index < -0.39 is 10.0 Å². The van der Waals surface area contributed by atoms with E-state index in [1.54, 1.807) is 19.9 Å². The van der Waals surface area contributed by atoms with Gasteiger partial charge in [0.05, 0.1) is 35.2 Å². The standard InChI is InChI=1S/C17H21ClN4O3S/c1-11-4-5-14(10-15(11)18)26(23,24)21-16-12(2)19-17(20-13(16)3)22-6-8-25-9-7-22/h4-5,10,21H,6-9H2,1-3H3. The smallest absolute Gasteiger partial charge is 0.262 e. The summed E-state index contributed by atoms with van der Waals surface area (Å²) in [6, 6.07) is 4.64. The van der Waals surface area contributed by atoms with Crippen LogP contribution in [0.25, 0.3) is 0 Å². The molecular formula is C17H21ClN4O3S. The third-order valence-corrected chi connectivity index (χ3v) is 6.00. The van der Waals surface area contributed by atoms with Gasteiger partial charge in [-0.15, -0.1) is 0 Å². The van der Waals surface area contributed by atoms with Gasteiger partial charge in [0.15, 0.2) is 0 Å². The van der Waals surface area contributed by atoms with Crippen LogP contribution >= 0.6 is 11.6 Å². The highest BCUT2D eigenvalue weighted by Crippen LogP contribution is 2.26. The molecule has 0 amide bonds. The van der Waals surface area contributed by atoms with E-state index in [2.05, 4.69) is 14.7 Å². The van der Waals surface area contributed by atoms with Crippen molar-refractivity contribution in [2.75, 3.05) is 35.9 Å². The van der Waals surface area contributed by atoms with Crippen molar-refractivity contribution >= 4 is 33.3 Å².